The summed E-state index contributed by atoms with van der Waals surface area (Å²) in [6.07, 6.45) is 3.23. The summed E-state index contributed by atoms with van der Waals surface area (Å²) in [6, 6.07) is 20.6. The van der Waals surface area contributed by atoms with E-state index in [1.807, 2.05) is 47.4 Å². The number of amides is 1. The van der Waals surface area contributed by atoms with Crippen molar-refractivity contribution in [1.82, 2.24) is 19.8 Å². The second-order valence-corrected chi connectivity index (χ2v) is 9.17. The van der Waals surface area contributed by atoms with Gasteiger partial charge in [0.25, 0.3) is 5.91 Å². The number of benzene rings is 2. The van der Waals surface area contributed by atoms with Gasteiger partial charge in [0, 0.05) is 60.4 Å². The third kappa shape index (κ3) is 4.99. The molecule has 33 heavy (non-hydrogen) atoms. The zero-order valence-electron chi connectivity index (χ0n) is 18.0. The largest absolute Gasteiger partial charge is 0.336 e. The highest BCUT2D eigenvalue weighted by Gasteiger charge is 2.23. The standard InChI is InChI=1S/C26H23FN4OS/c27-22-8-4-7-20(15-22)24-10-9-23(33-24)18-30-11-13-31(14-12-30)26(32)21-16-28-25(29-17-21)19-5-2-1-3-6-19/h1-10,15-17H,11-14,18H2. The number of piperazine rings is 1. The van der Waals surface area contributed by atoms with Crippen molar-refractivity contribution in [2.45, 2.75) is 6.54 Å². The first-order valence-corrected chi connectivity index (χ1v) is 11.7. The minimum absolute atomic E-state index is 0.0289. The topological polar surface area (TPSA) is 49.3 Å². The molecule has 0 bridgehead atoms. The molecular weight excluding hydrogens is 435 g/mol. The number of rotatable bonds is 5. The monoisotopic (exact) mass is 458 g/mol. The maximum atomic E-state index is 13.5. The number of aromatic nitrogens is 2. The molecule has 0 radical (unpaired) electrons. The SMILES string of the molecule is O=C(c1cnc(-c2ccccc2)nc1)N1CCN(Cc2ccc(-c3cccc(F)c3)s2)CC1. The summed E-state index contributed by atoms with van der Waals surface area (Å²) in [5.74, 6) is 0.368. The van der Waals surface area contributed by atoms with E-state index in [1.165, 1.54) is 10.9 Å². The van der Waals surface area contributed by atoms with E-state index >= 15 is 0 Å². The van der Waals surface area contributed by atoms with Crippen LogP contribution in [-0.4, -0.2) is 51.9 Å². The van der Waals surface area contributed by atoms with Crippen LogP contribution in [0.25, 0.3) is 21.8 Å². The molecule has 1 saturated heterocycles. The van der Waals surface area contributed by atoms with Gasteiger partial charge in [-0.2, -0.15) is 0 Å². The average Bonchev–Trinajstić information content (AvgIpc) is 3.33. The van der Waals surface area contributed by atoms with Crippen LogP contribution in [0.4, 0.5) is 4.39 Å². The number of carbonyl (C=O) groups excluding carboxylic acids is 1. The Morgan fingerprint density at radius 2 is 1.61 bits per heavy atom. The van der Waals surface area contributed by atoms with Crippen LogP contribution < -0.4 is 0 Å². The molecule has 3 heterocycles. The number of nitrogens with zero attached hydrogens (tertiary/aromatic N) is 4. The molecule has 166 valence electrons. The number of halogens is 1. The van der Waals surface area contributed by atoms with Gasteiger partial charge < -0.3 is 4.90 Å². The second-order valence-electron chi connectivity index (χ2n) is 8.01. The fourth-order valence-corrected chi connectivity index (χ4v) is 4.99. The van der Waals surface area contributed by atoms with Gasteiger partial charge in [0.05, 0.1) is 5.56 Å². The molecule has 7 heteroatoms. The van der Waals surface area contributed by atoms with Crippen LogP contribution >= 0.6 is 11.3 Å². The smallest absolute Gasteiger partial charge is 0.257 e. The Balaban J connectivity index is 1.16. The highest BCUT2D eigenvalue weighted by molar-refractivity contribution is 7.15. The zero-order chi connectivity index (χ0) is 22.6. The Bertz CT molecular complexity index is 1230. The minimum atomic E-state index is -0.219. The van der Waals surface area contributed by atoms with E-state index in [-0.39, 0.29) is 11.7 Å². The fraction of sp³-hybridized carbons (Fsp3) is 0.192. The van der Waals surface area contributed by atoms with Crippen molar-refractivity contribution in [1.29, 1.82) is 0 Å². The fourth-order valence-electron chi connectivity index (χ4n) is 3.95. The van der Waals surface area contributed by atoms with Gasteiger partial charge >= 0.3 is 0 Å². The van der Waals surface area contributed by atoms with E-state index in [0.29, 0.717) is 24.5 Å². The number of carbonyl (C=O) groups is 1. The van der Waals surface area contributed by atoms with E-state index in [1.54, 1.807) is 35.9 Å². The molecule has 2 aromatic heterocycles. The quantitative estimate of drug-likeness (QED) is 0.424. The van der Waals surface area contributed by atoms with Crippen molar-refractivity contribution in [2.75, 3.05) is 26.2 Å². The van der Waals surface area contributed by atoms with E-state index in [2.05, 4.69) is 20.9 Å². The summed E-state index contributed by atoms with van der Waals surface area (Å²) >= 11 is 1.69. The number of hydrogen-bond acceptors (Lipinski definition) is 5. The number of hydrogen-bond donors (Lipinski definition) is 0. The summed E-state index contributed by atoms with van der Waals surface area (Å²) in [6.45, 7) is 3.78. The third-order valence-corrected chi connectivity index (χ3v) is 6.86. The normalized spacial score (nSPS) is 14.4. The van der Waals surface area contributed by atoms with Crippen molar-refractivity contribution in [3.63, 3.8) is 0 Å². The first kappa shape index (κ1) is 21.4. The van der Waals surface area contributed by atoms with E-state index in [0.717, 1.165) is 35.6 Å². The van der Waals surface area contributed by atoms with Crippen LogP contribution in [-0.2, 0) is 6.54 Å². The maximum absolute atomic E-state index is 13.5. The van der Waals surface area contributed by atoms with Gasteiger partial charge in [0.1, 0.15) is 5.82 Å². The zero-order valence-corrected chi connectivity index (χ0v) is 18.8. The Kier molecular flexibility index (Phi) is 6.24. The molecule has 0 spiro atoms. The summed E-state index contributed by atoms with van der Waals surface area (Å²) in [5, 5.41) is 0. The molecular formula is C26H23FN4OS. The van der Waals surface area contributed by atoms with Gasteiger partial charge in [0.15, 0.2) is 5.82 Å². The predicted octanol–water partition coefficient (Wildman–Crippen LogP) is 4.97. The molecule has 0 saturated carbocycles. The summed E-state index contributed by atoms with van der Waals surface area (Å²) in [7, 11) is 0. The first-order valence-electron chi connectivity index (χ1n) is 10.9. The van der Waals surface area contributed by atoms with E-state index in [4.69, 9.17) is 0 Å². The molecule has 4 aromatic rings. The molecule has 5 rings (SSSR count). The van der Waals surface area contributed by atoms with Crippen LogP contribution in [0.1, 0.15) is 15.2 Å². The van der Waals surface area contributed by atoms with Crippen molar-refractivity contribution in [3.8, 4) is 21.8 Å². The summed E-state index contributed by atoms with van der Waals surface area (Å²) in [5.41, 5.74) is 2.35. The van der Waals surface area contributed by atoms with Gasteiger partial charge in [-0.1, -0.05) is 42.5 Å². The molecule has 1 aliphatic heterocycles. The predicted molar refractivity (Wildman–Crippen MR) is 128 cm³/mol. The average molecular weight is 459 g/mol. The van der Waals surface area contributed by atoms with Gasteiger partial charge in [-0.3, -0.25) is 9.69 Å². The van der Waals surface area contributed by atoms with Crippen LogP contribution in [0, 0.1) is 5.82 Å². The lowest BCUT2D eigenvalue weighted by Gasteiger charge is -2.34. The van der Waals surface area contributed by atoms with Crippen molar-refractivity contribution in [3.05, 3.63) is 95.4 Å². The Hall–Kier alpha value is -3.42. The highest BCUT2D eigenvalue weighted by atomic mass is 32.1. The Morgan fingerprint density at radius 1 is 0.879 bits per heavy atom. The van der Waals surface area contributed by atoms with E-state index < -0.39 is 0 Å². The van der Waals surface area contributed by atoms with Crippen molar-refractivity contribution in [2.24, 2.45) is 0 Å². The van der Waals surface area contributed by atoms with E-state index in [9.17, 15) is 9.18 Å². The molecule has 2 aromatic carbocycles. The first-order chi connectivity index (χ1) is 16.2. The van der Waals surface area contributed by atoms with Crippen LogP contribution in [0.2, 0.25) is 0 Å². The number of thiophene rings is 1. The molecule has 0 atom stereocenters. The Labute approximate surface area is 196 Å². The third-order valence-electron chi connectivity index (χ3n) is 5.74. The lowest BCUT2D eigenvalue weighted by atomic mass is 10.2. The van der Waals surface area contributed by atoms with Crippen molar-refractivity contribution < 1.29 is 9.18 Å². The minimum Gasteiger partial charge on any atom is -0.336 e. The molecule has 1 fully saturated rings. The summed E-state index contributed by atoms with van der Waals surface area (Å²) < 4.78 is 13.5. The molecule has 5 nitrogen and oxygen atoms in total. The Morgan fingerprint density at radius 3 is 2.33 bits per heavy atom. The summed E-state index contributed by atoms with van der Waals surface area (Å²) in [4.78, 5) is 28.2. The molecule has 0 aliphatic carbocycles. The van der Waals surface area contributed by atoms with Gasteiger partial charge in [-0.25, -0.2) is 14.4 Å². The van der Waals surface area contributed by atoms with Crippen LogP contribution in [0.3, 0.4) is 0 Å². The van der Waals surface area contributed by atoms with Gasteiger partial charge in [-0.05, 0) is 29.8 Å². The lowest BCUT2D eigenvalue weighted by molar-refractivity contribution is 0.0629. The van der Waals surface area contributed by atoms with Gasteiger partial charge in [-0.15, -0.1) is 11.3 Å². The van der Waals surface area contributed by atoms with Crippen LogP contribution in [0.5, 0.6) is 0 Å². The molecule has 0 N–H and O–H groups in total. The maximum Gasteiger partial charge on any atom is 0.257 e. The second kappa shape index (κ2) is 9.60. The molecule has 1 aliphatic rings. The molecule has 1 amide bonds. The molecule has 0 unspecified atom stereocenters. The van der Waals surface area contributed by atoms with Crippen LogP contribution in [0.15, 0.2) is 79.1 Å². The lowest BCUT2D eigenvalue weighted by Crippen LogP contribution is -2.48. The van der Waals surface area contributed by atoms with Crippen molar-refractivity contribution >= 4 is 17.2 Å². The highest BCUT2D eigenvalue weighted by Crippen LogP contribution is 2.29. The van der Waals surface area contributed by atoms with Gasteiger partial charge in [0.2, 0.25) is 0 Å².